The fourth-order valence-corrected chi connectivity index (χ4v) is 3.08. The summed E-state index contributed by atoms with van der Waals surface area (Å²) in [7, 11) is 1.56. The maximum Gasteiger partial charge on any atom is 0.363 e. The van der Waals surface area contributed by atoms with Crippen molar-refractivity contribution in [1.29, 1.82) is 0 Å². The number of carbonyl (C=O) groups excluding carboxylic acids is 2. The van der Waals surface area contributed by atoms with E-state index in [9.17, 15) is 9.59 Å². The van der Waals surface area contributed by atoms with E-state index in [1.165, 1.54) is 0 Å². The van der Waals surface area contributed by atoms with Gasteiger partial charge in [-0.15, -0.1) is 0 Å². The Kier molecular flexibility index (Phi) is 5.82. The lowest BCUT2D eigenvalue weighted by molar-refractivity contribution is -0.129. The topological polar surface area (TPSA) is 74.2 Å². The van der Waals surface area contributed by atoms with Gasteiger partial charge >= 0.3 is 11.9 Å². The number of esters is 2. The van der Waals surface area contributed by atoms with Crippen molar-refractivity contribution >= 4 is 35.5 Å². The number of carbonyl (C=O) groups is 2. The molecular weight excluding hydrogens is 418 g/mol. The molecule has 0 aliphatic carbocycles. The second-order valence-electron chi connectivity index (χ2n) is 6.51. The molecule has 0 fully saturated rings. The van der Waals surface area contributed by atoms with Gasteiger partial charge in [-0.1, -0.05) is 41.9 Å². The lowest BCUT2D eigenvalue weighted by Gasteiger charge is -2.06. The van der Waals surface area contributed by atoms with Crippen molar-refractivity contribution in [3.8, 4) is 11.5 Å². The van der Waals surface area contributed by atoms with E-state index >= 15 is 0 Å². The lowest BCUT2D eigenvalue weighted by Crippen LogP contribution is -2.08. The van der Waals surface area contributed by atoms with Crippen LogP contribution in [0.2, 0.25) is 5.02 Å². The van der Waals surface area contributed by atoms with Crippen LogP contribution < -0.4 is 9.47 Å². The average molecular weight is 434 g/mol. The molecule has 4 rings (SSSR count). The van der Waals surface area contributed by atoms with E-state index in [4.69, 9.17) is 25.8 Å². The fraction of sp³-hybridized carbons (Fsp3) is 0.0417. The minimum absolute atomic E-state index is 0.165. The first kappa shape index (κ1) is 20.4. The van der Waals surface area contributed by atoms with Gasteiger partial charge in [0, 0.05) is 5.56 Å². The molecule has 0 saturated carbocycles. The molecule has 31 heavy (non-hydrogen) atoms. The number of cyclic esters (lactones) is 1. The van der Waals surface area contributed by atoms with Crippen LogP contribution in [-0.2, 0) is 9.53 Å². The zero-order chi connectivity index (χ0) is 21.8. The summed E-state index contributed by atoms with van der Waals surface area (Å²) in [5.74, 6) is 0.0910. The summed E-state index contributed by atoms with van der Waals surface area (Å²) < 4.78 is 15.8. The molecule has 0 saturated heterocycles. The Morgan fingerprint density at radius 1 is 1.00 bits per heavy atom. The Morgan fingerprint density at radius 3 is 2.52 bits per heavy atom. The normalized spacial score (nSPS) is 14.2. The Bertz CT molecular complexity index is 1210. The summed E-state index contributed by atoms with van der Waals surface area (Å²) in [4.78, 5) is 28.7. The van der Waals surface area contributed by atoms with Crippen LogP contribution >= 0.6 is 11.6 Å². The molecule has 3 aromatic carbocycles. The van der Waals surface area contributed by atoms with Crippen LogP contribution in [-0.4, -0.2) is 24.9 Å². The number of benzene rings is 3. The third-order valence-corrected chi connectivity index (χ3v) is 4.75. The second kappa shape index (κ2) is 8.85. The van der Waals surface area contributed by atoms with E-state index in [2.05, 4.69) is 4.99 Å². The van der Waals surface area contributed by atoms with Gasteiger partial charge in [0.05, 0.1) is 17.7 Å². The van der Waals surface area contributed by atoms with Crippen molar-refractivity contribution in [2.24, 2.45) is 4.99 Å². The second-order valence-corrected chi connectivity index (χ2v) is 6.91. The highest BCUT2D eigenvalue weighted by molar-refractivity contribution is 6.33. The lowest BCUT2D eigenvalue weighted by atomic mass is 10.2. The summed E-state index contributed by atoms with van der Waals surface area (Å²) in [6.45, 7) is 0. The van der Waals surface area contributed by atoms with E-state index in [0.29, 0.717) is 27.6 Å². The third-order valence-electron chi connectivity index (χ3n) is 4.43. The number of hydrogen-bond acceptors (Lipinski definition) is 6. The molecule has 1 heterocycles. The quantitative estimate of drug-likeness (QED) is 0.324. The van der Waals surface area contributed by atoms with Gasteiger partial charge in [-0.3, -0.25) is 0 Å². The Morgan fingerprint density at radius 2 is 1.77 bits per heavy atom. The predicted molar refractivity (Wildman–Crippen MR) is 116 cm³/mol. The van der Waals surface area contributed by atoms with Crippen molar-refractivity contribution in [3.05, 3.63) is 100 Å². The molecular formula is C24H16ClNO5. The Labute approximate surface area is 183 Å². The van der Waals surface area contributed by atoms with Crippen LogP contribution in [0.1, 0.15) is 21.5 Å². The molecule has 0 radical (unpaired) electrons. The molecule has 0 N–H and O–H groups in total. The van der Waals surface area contributed by atoms with Crippen LogP contribution in [0, 0.1) is 0 Å². The van der Waals surface area contributed by atoms with Crippen LogP contribution in [0.3, 0.4) is 0 Å². The molecule has 1 aliphatic heterocycles. The van der Waals surface area contributed by atoms with Gasteiger partial charge in [0.15, 0.2) is 5.70 Å². The molecule has 1 aliphatic rings. The SMILES string of the molecule is COc1cccc(C2=N/C(=C/c3ccc(OC(=O)c4ccccc4Cl)cc3)C(=O)O2)c1. The van der Waals surface area contributed by atoms with Gasteiger partial charge in [0.1, 0.15) is 11.5 Å². The number of aliphatic imine (C=N–C) groups is 1. The molecule has 7 heteroatoms. The molecule has 0 spiro atoms. The van der Waals surface area contributed by atoms with Gasteiger partial charge in [0.2, 0.25) is 5.90 Å². The Hall–Kier alpha value is -3.90. The maximum atomic E-state index is 12.3. The highest BCUT2D eigenvalue weighted by Gasteiger charge is 2.24. The van der Waals surface area contributed by atoms with Crippen molar-refractivity contribution in [1.82, 2.24) is 0 Å². The first-order chi connectivity index (χ1) is 15.0. The number of ether oxygens (including phenoxy) is 3. The predicted octanol–water partition coefficient (Wildman–Crippen LogP) is 4.91. The molecule has 0 atom stereocenters. The van der Waals surface area contributed by atoms with E-state index in [1.807, 2.05) is 0 Å². The van der Waals surface area contributed by atoms with Crippen molar-refractivity contribution in [2.45, 2.75) is 0 Å². The third kappa shape index (κ3) is 4.65. The summed E-state index contributed by atoms with van der Waals surface area (Å²) in [6, 6.07) is 20.4. The largest absolute Gasteiger partial charge is 0.497 e. The minimum Gasteiger partial charge on any atom is -0.497 e. The van der Waals surface area contributed by atoms with E-state index < -0.39 is 11.9 Å². The minimum atomic E-state index is -0.552. The highest BCUT2D eigenvalue weighted by Crippen LogP contribution is 2.23. The molecule has 0 amide bonds. The van der Waals surface area contributed by atoms with Crippen LogP contribution in [0.4, 0.5) is 0 Å². The zero-order valence-electron chi connectivity index (χ0n) is 16.4. The maximum absolute atomic E-state index is 12.3. The average Bonchev–Trinajstić information content (AvgIpc) is 3.15. The molecule has 6 nitrogen and oxygen atoms in total. The van der Waals surface area contributed by atoms with E-state index in [-0.39, 0.29) is 17.2 Å². The molecule has 0 bridgehead atoms. The first-order valence-electron chi connectivity index (χ1n) is 9.27. The number of rotatable bonds is 5. The smallest absolute Gasteiger partial charge is 0.363 e. The van der Waals surface area contributed by atoms with Gasteiger partial charge in [-0.05, 0) is 54.1 Å². The van der Waals surface area contributed by atoms with Gasteiger partial charge in [-0.2, -0.15) is 0 Å². The van der Waals surface area contributed by atoms with Crippen molar-refractivity contribution in [3.63, 3.8) is 0 Å². The van der Waals surface area contributed by atoms with Crippen molar-refractivity contribution < 1.29 is 23.8 Å². The van der Waals surface area contributed by atoms with Crippen molar-refractivity contribution in [2.75, 3.05) is 7.11 Å². The number of methoxy groups -OCH3 is 1. The number of halogens is 1. The first-order valence-corrected chi connectivity index (χ1v) is 9.65. The molecule has 0 aromatic heterocycles. The number of nitrogens with zero attached hydrogens (tertiary/aromatic N) is 1. The van der Waals surface area contributed by atoms with E-state index in [1.54, 1.807) is 86.0 Å². The van der Waals surface area contributed by atoms with E-state index in [0.717, 1.165) is 0 Å². The summed E-state index contributed by atoms with van der Waals surface area (Å²) in [5.41, 5.74) is 1.78. The van der Waals surface area contributed by atoms with Gasteiger partial charge < -0.3 is 14.2 Å². The molecule has 154 valence electrons. The highest BCUT2D eigenvalue weighted by atomic mass is 35.5. The number of hydrogen-bond donors (Lipinski definition) is 0. The van der Waals surface area contributed by atoms with Crippen LogP contribution in [0.5, 0.6) is 11.5 Å². The zero-order valence-corrected chi connectivity index (χ0v) is 17.1. The monoisotopic (exact) mass is 433 g/mol. The Balaban J connectivity index is 1.50. The molecule has 0 unspecified atom stereocenters. The summed E-state index contributed by atoms with van der Waals surface area (Å²) in [6.07, 6.45) is 1.59. The standard InChI is InChI=1S/C24H16ClNO5/c1-29-18-6-4-5-16(14-18)22-26-21(24(28)31-22)13-15-9-11-17(12-10-15)30-23(27)19-7-2-3-8-20(19)25/h2-14H,1H3/b21-13+. The summed E-state index contributed by atoms with van der Waals surface area (Å²) in [5, 5.41) is 0.318. The summed E-state index contributed by atoms with van der Waals surface area (Å²) >= 11 is 6.02. The van der Waals surface area contributed by atoms with Crippen LogP contribution in [0.15, 0.2) is 83.5 Å². The fourth-order valence-electron chi connectivity index (χ4n) is 2.87. The van der Waals surface area contributed by atoms with Crippen LogP contribution in [0.25, 0.3) is 6.08 Å². The van der Waals surface area contributed by atoms with Gasteiger partial charge in [0.25, 0.3) is 0 Å². The molecule has 3 aromatic rings. The van der Waals surface area contributed by atoms with Gasteiger partial charge in [-0.25, -0.2) is 14.6 Å².